The van der Waals surface area contributed by atoms with Gasteiger partial charge in [0, 0.05) is 13.2 Å². The van der Waals surface area contributed by atoms with Crippen molar-refractivity contribution in [1.82, 2.24) is 9.78 Å². The lowest BCUT2D eigenvalue weighted by atomic mass is 10.2. The Bertz CT molecular complexity index is 277. The van der Waals surface area contributed by atoms with Crippen LogP contribution in [0.15, 0.2) is 6.20 Å². The predicted molar refractivity (Wildman–Crippen MR) is 55.9 cm³/mol. The Hall–Kier alpha value is -1.07. The molecule has 1 rings (SSSR count). The van der Waals surface area contributed by atoms with Crippen molar-refractivity contribution < 1.29 is 14.6 Å². The first-order valence-corrected chi connectivity index (χ1v) is 5.10. The average molecular weight is 214 g/mol. The van der Waals surface area contributed by atoms with E-state index in [2.05, 4.69) is 5.10 Å². The van der Waals surface area contributed by atoms with Gasteiger partial charge in [0.15, 0.2) is 5.75 Å². The van der Waals surface area contributed by atoms with Gasteiger partial charge in [-0.3, -0.25) is 4.68 Å². The van der Waals surface area contributed by atoms with E-state index in [4.69, 9.17) is 9.47 Å². The number of aromatic nitrogens is 2. The Balaban J connectivity index is 2.83. The summed E-state index contributed by atoms with van der Waals surface area (Å²) in [5.74, 6) is 0.601. The minimum atomic E-state index is -0.692. The van der Waals surface area contributed by atoms with E-state index in [1.807, 2.05) is 13.8 Å². The fourth-order valence-corrected chi connectivity index (χ4v) is 1.43. The van der Waals surface area contributed by atoms with Crippen LogP contribution in [-0.4, -0.2) is 35.2 Å². The quantitative estimate of drug-likeness (QED) is 0.767. The van der Waals surface area contributed by atoms with E-state index in [-0.39, 0.29) is 6.61 Å². The van der Waals surface area contributed by atoms with Crippen LogP contribution in [-0.2, 0) is 11.3 Å². The number of methoxy groups -OCH3 is 1. The zero-order chi connectivity index (χ0) is 11.3. The second-order valence-electron chi connectivity index (χ2n) is 3.09. The van der Waals surface area contributed by atoms with Crippen molar-refractivity contribution in [1.29, 1.82) is 0 Å². The molecule has 5 nitrogen and oxygen atoms in total. The van der Waals surface area contributed by atoms with E-state index in [1.165, 1.54) is 0 Å². The molecule has 1 aromatic heterocycles. The topological polar surface area (TPSA) is 56.5 Å². The molecule has 0 fully saturated rings. The number of rotatable bonds is 6. The molecule has 0 radical (unpaired) electrons. The van der Waals surface area contributed by atoms with E-state index in [0.717, 1.165) is 0 Å². The summed E-state index contributed by atoms with van der Waals surface area (Å²) in [5, 5.41) is 14.0. The molecule has 5 heteroatoms. The van der Waals surface area contributed by atoms with Crippen molar-refractivity contribution in [2.24, 2.45) is 0 Å². The Morgan fingerprint density at radius 3 is 2.80 bits per heavy atom. The standard InChI is InChI=1S/C10H18N2O3/c1-4-12-10(8(13)7-15-5-2)9(14-3)6-11-12/h6,8,13H,4-5,7H2,1-3H3. The number of nitrogens with zero attached hydrogens (tertiary/aromatic N) is 2. The average Bonchev–Trinajstić information content (AvgIpc) is 2.68. The van der Waals surface area contributed by atoms with Gasteiger partial charge in [-0.2, -0.15) is 5.10 Å². The van der Waals surface area contributed by atoms with Crippen LogP contribution >= 0.6 is 0 Å². The maximum Gasteiger partial charge on any atom is 0.162 e. The third kappa shape index (κ3) is 2.70. The lowest BCUT2D eigenvalue weighted by molar-refractivity contribution is 0.0360. The molecule has 0 saturated heterocycles. The van der Waals surface area contributed by atoms with E-state index < -0.39 is 6.10 Å². The van der Waals surface area contributed by atoms with E-state index >= 15 is 0 Å². The van der Waals surface area contributed by atoms with Crippen molar-refractivity contribution >= 4 is 0 Å². The van der Waals surface area contributed by atoms with E-state index in [0.29, 0.717) is 24.6 Å². The lowest BCUT2D eigenvalue weighted by Crippen LogP contribution is -2.14. The lowest BCUT2D eigenvalue weighted by Gasteiger charge is -2.13. The summed E-state index contributed by atoms with van der Waals surface area (Å²) in [6, 6.07) is 0. The van der Waals surface area contributed by atoms with Gasteiger partial charge in [0.1, 0.15) is 11.8 Å². The molecule has 0 saturated carbocycles. The zero-order valence-corrected chi connectivity index (χ0v) is 9.43. The highest BCUT2D eigenvalue weighted by atomic mass is 16.5. The largest absolute Gasteiger partial charge is 0.493 e. The second kappa shape index (κ2) is 5.72. The van der Waals surface area contributed by atoms with Crippen LogP contribution in [0.3, 0.4) is 0 Å². The fraction of sp³-hybridized carbons (Fsp3) is 0.700. The molecule has 0 aliphatic carbocycles. The summed E-state index contributed by atoms with van der Waals surface area (Å²) in [7, 11) is 1.56. The van der Waals surface area contributed by atoms with Gasteiger partial charge in [-0.1, -0.05) is 0 Å². The molecule has 0 aromatic carbocycles. The van der Waals surface area contributed by atoms with Crippen LogP contribution in [0.25, 0.3) is 0 Å². The number of aliphatic hydroxyl groups excluding tert-OH is 1. The van der Waals surface area contributed by atoms with Crippen LogP contribution in [0.4, 0.5) is 0 Å². The molecule has 15 heavy (non-hydrogen) atoms. The minimum Gasteiger partial charge on any atom is -0.493 e. The molecule has 0 aliphatic rings. The molecular formula is C10H18N2O3. The fourth-order valence-electron chi connectivity index (χ4n) is 1.43. The van der Waals surface area contributed by atoms with Crippen LogP contribution < -0.4 is 4.74 Å². The van der Waals surface area contributed by atoms with Crippen molar-refractivity contribution in [3.63, 3.8) is 0 Å². The predicted octanol–water partition coefficient (Wildman–Crippen LogP) is 0.982. The first-order chi connectivity index (χ1) is 7.24. The molecule has 1 atom stereocenters. The molecule has 0 aliphatic heterocycles. The Morgan fingerprint density at radius 1 is 1.53 bits per heavy atom. The van der Waals surface area contributed by atoms with Crippen LogP contribution in [0.5, 0.6) is 5.75 Å². The number of aryl methyl sites for hydroxylation is 1. The highest BCUT2D eigenvalue weighted by molar-refractivity contribution is 5.27. The molecule has 1 N–H and O–H groups in total. The first kappa shape index (κ1) is 12.0. The van der Waals surface area contributed by atoms with Crippen molar-refractivity contribution in [2.45, 2.75) is 26.5 Å². The van der Waals surface area contributed by atoms with Gasteiger partial charge in [0.05, 0.1) is 19.9 Å². The molecule has 1 aromatic rings. The zero-order valence-electron chi connectivity index (χ0n) is 9.43. The van der Waals surface area contributed by atoms with Gasteiger partial charge < -0.3 is 14.6 Å². The van der Waals surface area contributed by atoms with Crippen molar-refractivity contribution in [3.8, 4) is 5.75 Å². The first-order valence-electron chi connectivity index (χ1n) is 5.10. The van der Waals surface area contributed by atoms with Gasteiger partial charge in [-0.05, 0) is 13.8 Å². The molecule has 1 heterocycles. The third-order valence-corrected chi connectivity index (χ3v) is 2.16. The SMILES string of the molecule is CCOCC(O)c1c(OC)cnn1CC. The van der Waals surface area contributed by atoms with E-state index in [1.54, 1.807) is 18.0 Å². The van der Waals surface area contributed by atoms with Crippen LogP contribution in [0.2, 0.25) is 0 Å². The normalized spacial score (nSPS) is 12.8. The second-order valence-corrected chi connectivity index (χ2v) is 3.09. The number of aliphatic hydroxyl groups is 1. The molecule has 0 spiro atoms. The maximum atomic E-state index is 9.90. The van der Waals surface area contributed by atoms with E-state index in [9.17, 15) is 5.11 Å². The molecular weight excluding hydrogens is 196 g/mol. The Kier molecular flexibility index (Phi) is 4.58. The third-order valence-electron chi connectivity index (χ3n) is 2.16. The number of hydrogen-bond donors (Lipinski definition) is 1. The Morgan fingerprint density at radius 2 is 2.27 bits per heavy atom. The van der Waals surface area contributed by atoms with Gasteiger partial charge in [-0.15, -0.1) is 0 Å². The van der Waals surface area contributed by atoms with Gasteiger partial charge in [-0.25, -0.2) is 0 Å². The highest BCUT2D eigenvalue weighted by Gasteiger charge is 2.19. The summed E-state index contributed by atoms with van der Waals surface area (Å²) in [5.41, 5.74) is 0.674. The van der Waals surface area contributed by atoms with Crippen molar-refractivity contribution in [3.05, 3.63) is 11.9 Å². The number of hydrogen-bond acceptors (Lipinski definition) is 4. The smallest absolute Gasteiger partial charge is 0.162 e. The minimum absolute atomic E-state index is 0.262. The number of ether oxygens (including phenoxy) is 2. The molecule has 0 bridgehead atoms. The Labute approximate surface area is 89.6 Å². The monoisotopic (exact) mass is 214 g/mol. The van der Waals surface area contributed by atoms with Crippen LogP contribution in [0.1, 0.15) is 25.6 Å². The molecule has 1 unspecified atom stereocenters. The summed E-state index contributed by atoms with van der Waals surface area (Å²) in [4.78, 5) is 0. The highest BCUT2D eigenvalue weighted by Crippen LogP contribution is 2.24. The summed E-state index contributed by atoms with van der Waals surface area (Å²) in [6.07, 6.45) is 0.913. The van der Waals surface area contributed by atoms with Gasteiger partial charge in [0.2, 0.25) is 0 Å². The van der Waals surface area contributed by atoms with Crippen molar-refractivity contribution in [2.75, 3.05) is 20.3 Å². The van der Waals surface area contributed by atoms with Gasteiger partial charge >= 0.3 is 0 Å². The van der Waals surface area contributed by atoms with Gasteiger partial charge in [0.25, 0.3) is 0 Å². The molecule has 86 valence electrons. The molecule has 0 amide bonds. The maximum absolute atomic E-state index is 9.90. The summed E-state index contributed by atoms with van der Waals surface area (Å²) < 4.78 is 12.0. The summed E-state index contributed by atoms with van der Waals surface area (Å²) in [6.45, 7) is 5.39. The van der Waals surface area contributed by atoms with Crippen LogP contribution in [0, 0.1) is 0 Å². The summed E-state index contributed by atoms with van der Waals surface area (Å²) >= 11 is 0.